The molecule has 19 heavy (non-hydrogen) atoms. The molecule has 1 heterocycles. The second-order valence-corrected chi connectivity index (χ2v) is 4.04. The number of halogens is 5. The van der Waals surface area contributed by atoms with Gasteiger partial charge in [-0.3, -0.25) is 0 Å². The molecule has 1 N–H and O–H groups in total. The lowest BCUT2D eigenvalue weighted by Gasteiger charge is -2.12. The van der Waals surface area contributed by atoms with Crippen LogP contribution in [0.25, 0.3) is 0 Å². The number of ether oxygens (including phenoxy) is 1. The number of cyclic esters (lactones) is 1. The van der Waals surface area contributed by atoms with Crippen molar-refractivity contribution in [3.8, 4) is 0 Å². The number of hydrogen-bond donors (Lipinski definition) is 1. The summed E-state index contributed by atoms with van der Waals surface area (Å²) in [4.78, 5) is 10.7. The van der Waals surface area contributed by atoms with E-state index < -0.39 is 47.6 Å². The number of benzene rings is 1. The van der Waals surface area contributed by atoms with Crippen LogP contribution in [0.3, 0.4) is 0 Å². The van der Waals surface area contributed by atoms with E-state index in [1.54, 1.807) is 0 Å². The van der Waals surface area contributed by atoms with Crippen LogP contribution in [-0.2, 0) is 9.53 Å². The van der Waals surface area contributed by atoms with E-state index in [1.165, 1.54) is 0 Å². The van der Waals surface area contributed by atoms with E-state index in [0.717, 1.165) is 6.07 Å². The molecule has 0 radical (unpaired) electrons. The second-order valence-electron chi connectivity index (χ2n) is 4.04. The molecular formula is C11H8F5NO2. The molecule has 1 aromatic carbocycles. The number of esters is 1. The first-order valence-corrected chi connectivity index (χ1v) is 5.27. The highest BCUT2D eigenvalue weighted by molar-refractivity contribution is 5.79. The molecule has 1 aliphatic heterocycles. The normalized spacial score (nSPS) is 21.3. The van der Waals surface area contributed by atoms with Gasteiger partial charge in [0.1, 0.15) is 6.10 Å². The van der Waals surface area contributed by atoms with Gasteiger partial charge in [-0.15, -0.1) is 0 Å². The van der Waals surface area contributed by atoms with Gasteiger partial charge in [0.05, 0.1) is 18.7 Å². The number of rotatable bonds is 3. The fourth-order valence-corrected chi connectivity index (χ4v) is 1.65. The first kappa shape index (κ1) is 13.6. The van der Waals surface area contributed by atoms with E-state index in [9.17, 15) is 26.7 Å². The van der Waals surface area contributed by atoms with Gasteiger partial charge in [-0.1, -0.05) is 0 Å². The van der Waals surface area contributed by atoms with E-state index in [0.29, 0.717) is 6.07 Å². The summed E-state index contributed by atoms with van der Waals surface area (Å²) in [6.45, 7) is -0.330. The largest absolute Gasteiger partial charge is 0.456 e. The van der Waals surface area contributed by atoms with Crippen LogP contribution in [-0.4, -0.2) is 24.5 Å². The quantitative estimate of drug-likeness (QED) is 0.525. The van der Waals surface area contributed by atoms with Crippen molar-refractivity contribution in [1.82, 2.24) is 0 Å². The zero-order chi connectivity index (χ0) is 14.2. The SMILES string of the molecule is O=C1OC(CNc2ccc(F)c(F)c2F)CC1(F)F. The zero-order valence-corrected chi connectivity index (χ0v) is 9.35. The molecule has 1 atom stereocenters. The minimum atomic E-state index is -3.57. The number of carbonyl (C=O) groups is 1. The first-order valence-electron chi connectivity index (χ1n) is 5.27. The molecule has 1 saturated heterocycles. The third-order valence-corrected chi connectivity index (χ3v) is 2.61. The Hall–Kier alpha value is -1.86. The van der Waals surface area contributed by atoms with Gasteiger partial charge in [0.25, 0.3) is 0 Å². The molecule has 104 valence electrons. The Morgan fingerprint density at radius 2 is 1.95 bits per heavy atom. The minimum absolute atomic E-state index is 0.330. The van der Waals surface area contributed by atoms with E-state index in [4.69, 9.17) is 0 Å². The fraction of sp³-hybridized carbons (Fsp3) is 0.364. The number of hydrogen-bond acceptors (Lipinski definition) is 3. The topological polar surface area (TPSA) is 38.3 Å². The van der Waals surface area contributed by atoms with Gasteiger partial charge in [0.2, 0.25) is 0 Å². The summed E-state index contributed by atoms with van der Waals surface area (Å²) in [6, 6.07) is 1.61. The Balaban J connectivity index is 2.01. The van der Waals surface area contributed by atoms with Gasteiger partial charge in [-0.2, -0.15) is 8.78 Å². The van der Waals surface area contributed by atoms with Crippen molar-refractivity contribution in [2.24, 2.45) is 0 Å². The first-order chi connectivity index (χ1) is 8.81. The predicted molar refractivity (Wildman–Crippen MR) is 54.2 cm³/mol. The molecule has 0 aliphatic carbocycles. The Morgan fingerprint density at radius 3 is 2.53 bits per heavy atom. The lowest BCUT2D eigenvalue weighted by atomic mass is 10.2. The fourth-order valence-electron chi connectivity index (χ4n) is 1.65. The van der Waals surface area contributed by atoms with Gasteiger partial charge in [0.15, 0.2) is 17.5 Å². The molecule has 1 aromatic rings. The molecule has 2 rings (SSSR count). The Kier molecular flexibility index (Phi) is 3.34. The molecule has 3 nitrogen and oxygen atoms in total. The summed E-state index contributed by atoms with van der Waals surface area (Å²) in [5.74, 6) is -9.71. The average molecular weight is 281 g/mol. The van der Waals surface area contributed by atoms with Crippen LogP contribution in [0, 0.1) is 17.5 Å². The summed E-state index contributed by atoms with van der Waals surface area (Å²) in [5, 5.41) is 2.29. The standard InChI is InChI=1S/C11H8F5NO2/c12-6-1-2-7(9(14)8(6)13)17-4-5-3-11(15,16)10(18)19-5/h1-2,5,17H,3-4H2. The smallest absolute Gasteiger partial charge is 0.377 e. The van der Waals surface area contributed by atoms with Crippen molar-refractivity contribution < 1.29 is 31.5 Å². The number of alkyl halides is 2. The monoisotopic (exact) mass is 281 g/mol. The minimum Gasteiger partial charge on any atom is -0.456 e. The van der Waals surface area contributed by atoms with Crippen LogP contribution < -0.4 is 5.32 Å². The van der Waals surface area contributed by atoms with E-state index in [2.05, 4.69) is 10.1 Å². The van der Waals surface area contributed by atoms with Crippen molar-refractivity contribution in [1.29, 1.82) is 0 Å². The number of nitrogens with one attached hydrogen (secondary N) is 1. The highest BCUT2D eigenvalue weighted by Gasteiger charge is 2.50. The van der Waals surface area contributed by atoms with Gasteiger partial charge >= 0.3 is 11.9 Å². The third kappa shape index (κ3) is 2.61. The third-order valence-electron chi connectivity index (χ3n) is 2.61. The van der Waals surface area contributed by atoms with E-state index >= 15 is 0 Å². The lowest BCUT2D eigenvalue weighted by Crippen LogP contribution is -2.22. The number of anilines is 1. The number of carbonyl (C=O) groups excluding carboxylic acids is 1. The van der Waals surface area contributed by atoms with Gasteiger partial charge in [0, 0.05) is 0 Å². The van der Waals surface area contributed by atoms with Crippen molar-refractivity contribution >= 4 is 11.7 Å². The molecule has 8 heteroatoms. The van der Waals surface area contributed by atoms with Crippen LogP contribution in [0.1, 0.15) is 6.42 Å². The molecule has 0 bridgehead atoms. The average Bonchev–Trinajstić information content (AvgIpc) is 2.59. The predicted octanol–water partition coefficient (Wildman–Crippen LogP) is 2.47. The maximum absolute atomic E-state index is 13.2. The molecule has 1 unspecified atom stereocenters. The summed E-state index contributed by atoms with van der Waals surface area (Å²) in [7, 11) is 0. The van der Waals surface area contributed by atoms with E-state index in [1.807, 2.05) is 0 Å². The summed E-state index contributed by atoms with van der Waals surface area (Å²) >= 11 is 0. The molecule has 0 saturated carbocycles. The Labute approximate surface area is 104 Å². The highest BCUT2D eigenvalue weighted by atomic mass is 19.3. The zero-order valence-electron chi connectivity index (χ0n) is 9.35. The maximum atomic E-state index is 13.2. The van der Waals surface area contributed by atoms with Crippen LogP contribution in [0.4, 0.5) is 27.6 Å². The van der Waals surface area contributed by atoms with E-state index in [-0.39, 0.29) is 6.54 Å². The van der Waals surface area contributed by atoms with Crippen LogP contribution in [0.15, 0.2) is 12.1 Å². The molecule has 1 aliphatic rings. The Bertz CT molecular complexity index is 520. The van der Waals surface area contributed by atoms with Gasteiger partial charge < -0.3 is 10.1 Å². The lowest BCUT2D eigenvalue weighted by molar-refractivity contribution is -0.158. The van der Waals surface area contributed by atoms with Gasteiger partial charge in [-0.05, 0) is 12.1 Å². The Morgan fingerprint density at radius 1 is 1.26 bits per heavy atom. The van der Waals surface area contributed by atoms with Crippen LogP contribution >= 0.6 is 0 Å². The summed E-state index contributed by atoms with van der Waals surface area (Å²) < 4.78 is 68.8. The second kappa shape index (κ2) is 4.67. The molecule has 0 amide bonds. The van der Waals surface area contributed by atoms with Crippen LogP contribution in [0.5, 0.6) is 0 Å². The van der Waals surface area contributed by atoms with Crippen molar-refractivity contribution in [2.75, 3.05) is 11.9 Å². The van der Waals surface area contributed by atoms with Crippen molar-refractivity contribution in [3.05, 3.63) is 29.6 Å². The van der Waals surface area contributed by atoms with Crippen molar-refractivity contribution in [3.63, 3.8) is 0 Å². The van der Waals surface area contributed by atoms with Crippen molar-refractivity contribution in [2.45, 2.75) is 18.4 Å². The molecule has 0 aromatic heterocycles. The maximum Gasteiger partial charge on any atom is 0.377 e. The molecular weight excluding hydrogens is 273 g/mol. The molecule has 1 fully saturated rings. The van der Waals surface area contributed by atoms with Crippen LogP contribution in [0.2, 0.25) is 0 Å². The van der Waals surface area contributed by atoms with Gasteiger partial charge in [-0.25, -0.2) is 18.0 Å². The summed E-state index contributed by atoms with van der Waals surface area (Å²) in [5.41, 5.74) is -0.398. The highest BCUT2D eigenvalue weighted by Crippen LogP contribution is 2.31. The summed E-state index contributed by atoms with van der Waals surface area (Å²) in [6.07, 6.45) is -2.00. The molecule has 0 spiro atoms.